The Morgan fingerprint density at radius 3 is 1.43 bits per heavy atom. The van der Waals surface area contributed by atoms with Crippen LogP contribution < -0.4 is 0 Å². The molecular weight excluding hydrogens is 627 g/mol. The lowest BCUT2D eigenvalue weighted by molar-refractivity contribution is 1.16. The number of benzene rings is 4. The average Bonchev–Trinajstić information content (AvgIpc) is 3.84. The van der Waals surface area contributed by atoms with E-state index >= 15 is 0 Å². The van der Waals surface area contributed by atoms with Gasteiger partial charge in [-0.15, -0.1) is 0 Å². The van der Waals surface area contributed by atoms with Gasteiger partial charge in [-0.25, -0.2) is 0 Å². The Kier molecular flexibility index (Phi) is 5.83. The molecule has 11 rings (SSSR count). The van der Waals surface area contributed by atoms with Gasteiger partial charge in [0.05, 0.1) is 44.1 Å². The summed E-state index contributed by atoms with van der Waals surface area (Å²) in [5, 5.41) is 4.45. The minimum Gasteiger partial charge on any atom is -0.309 e. The molecule has 0 aliphatic heterocycles. The topological polar surface area (TPSA) is 66.3 Å². The maximum Gasteiger partial charge on any atom is 0.0964 e. The third kappa shape index (κ3) is 4.06. The molecule has 0 spiro atoms. The van der Waals surface area contributed by atoms with Crippen LogP contribution in [0, 0.1) is 0 Å². The number of nitrogens with zero attached hydrogens (tertiary/aromatic N) is 7. The van der Waals surface area contributed by atoms with Crippen molar-refractivity contribution >= 4 is 65.7 Å². The van der Waals surface area contributed by atoms with Crippen LogP contribution in [0.25, 0.3) is 93.9 Å². The van der Waals surface area contributed by atoms with E-state index in [2.05, 4.69) is 139 Å². The summed E-state index contributed by atoms with van der Waals surface area (Å²) in [6, 6.07) is 45.2. The number of fused-ring (bicyclic) bond motifs is 9. The summed E-state index contributed by atoms with van der Waals surface area (Å²) in [5.74, 6) is 0. The summed E-state index contributed by atoms with van der Waals surface area (Å²) < 4.78 is 6.90. The highest BCUT2D eigenvalue weighted by Crippen LogP contribution is 2.37. The molecule has 0 amide bonds. The van der Waals surface area contributed by atoms with Gasteiger partial charge in [0.25, 0.3) is 0 Å². The van der Waals surface area contributed by atoms with Crippen molar-refractivity contribution in [3.05, 3.63) is 165 Å². The van der Waals surface area contributed by atoms with Gasteiger partial charge in [-0.2, -0.15) is 0 Å². The molecule has 7 heterocycles. The third-order valence-electron chi connectivity index (χ3n) is 10.1. The first-order chi connectivity index (χ1) is 25.3. The lowest BCUT2D eigenvalue weighted by atomic mass is 10.0. The Morgan fingerprint density at radius 1 is 0.333 bits per heavy atom. The van der Waals surface area contributed by atoms with E-state index in [0.717, 1.165) is 93.9 Å². The van der Waals surface area contributed by atoms with E-state index in [9.17, 15) is 0 Å². The van der Waals surface area contributed by atoms with Gasteiger partial charge in [0.1, 0.15) is 0 Å². The molecule has 0 aliphatic carbocycles. The Hall–Kier alpha value is -7.12. The molecule has 0 unspecified atom stereocenters. The minimum atomic E-state index is 0.976. The molecule has 11 aromatic rings. The summed E-state index contributed by atoms with van der Waals surface area (Å²) in [5.41, 5.74) is 14.2. The van der Waals surface area contributed by atoms with Crippen molar-refractivity contribution in [2.75, 3.05) is 0 Å². The Bertz CT molecular complexity index is 3020. The molecule has 51 heavy (non-hydrogen) atoms. The van der Waals surface area contributed by atoms with Crippen LogP contribution >= 0.6 is 0 Å². The average molecular weight is 654 g/mol. The number of hydrogen-bond donors (Lipinski definition) is 0. The fraction of sp³-hybridized carbons (Fsp3) is 0. The van der Waals surface area contributed by atoms with Crippen LogP contribution in [-0.2, 0) is 0 Å². The molecule has 0 saturated heterocycles. The molecule has 238 valence electrons. The first-order valence-electron chi connectivity index (χ1n) is 16.9. The molecule has 0 N–H and O–H groups in total. The van der Waals surface area contributed by atoms with E-state index in [4.69, 9.17) is 9.97 Å². The predicted octanol–water partition coefficient (Wildman–Crippen LogP) is 10.2. The Labute approximate surface area is 291 Å². The summed E-state index contributed by atoms with van der Waals surface area (Å²) in [6.45, 7) is 0. The maximum absolute atomic E-state index is 4.88. The standard InChI is InChI=1S/C44H27N7/c1-2-6-37-33(5-1)43-41(7-3-21-47-43)51(37)32-17-18-38-34(25-32)44-42(8-4-22-48-44)50(38)31-15-11-29(12-16-31)28-9-13-30(14-10-28)49-39-19-23-45-26-35(39)36-27-46-24-20-40(36)49/h1-27H. The van der Waals surface area contributed by atoms with Crippen molar-refractivity contribution in [3.8, 4) is 28.2 Å². The van der Waals surface area contributed by atoms with Crippen molar-refractivity contribution in [3.63, 3.8) is 0 Å². The van der Waals surface area contributed by atoms with Crippen LogP contribution in [0.4, 0.5) is 0 Å². The van der Waals surface area contributed by atoms with Gasteiger partial charge in [0.15, 0.2) is 0 Å². The van der Waals surface area contributed by atoms with Crippen molar-refractivity contribution < 1.29 is 0 Å². The summed E-state index contributed by atoms with van der Waals surface area (Å²) >= 11 is 0. The van der Waals surface area contributed by atoms with Crippen molar-refractivity contribution in [2.45, 2.75) is 0 Å². The van der Waals surface area contributed by atoms with Crippen molar-refractivity contribution in [2.24, 2.45) is 0 Å². The van der Waals surface area contributed by atoms with E-state index in [1.54, 1.807) is 0 Å². The fourth-order valence-corrected chi connectivity index (χ4v) is 7.90. The second-order valence-corrected chi connectivity index (χ2v) is 12.8. The van der Waals surface area contributed by atoms with E-state index in [-0.39, 0.29) is 0 Å². The number of hydrogen-bond acceptors (Lipinski definition) is 4. The van der Waals surface area contributed by atoms with Gasteiger partial charge in [0, 0.05) is 75.8 Å². The molecule has 0 atom stereocenters. The molecule has 7 nitrogen and oxygen atoms in total. The van der Waals surface area contributed by atoms with Crippen LogP contribution in [0.15, 0.2) is 165 Å². The van der Waals surface area contributed by atoms with Gasteiger partial charge in [0.2, 0.25) is 0 Å². The van der Waals surface area contributed by atoms with E-state index in [0.29, 0.717) is 0 Å². The van der Waals surface area contributed by atoms with Gasteiger partial charge >= 0.3 is 0 Å². The number of para-hydroxylation sites is 1. The molecule has 7 heteroatoms. The van der Waals surface area contributed by atoms with Gasteiger partial charge in [-0.3, -0.25) is 19.9 Å². The highest BCUT2D eigenvalue weighted by molar-refractivity contribution is 6.10. The summed E-state index contributed by atoms with van der Waals surface area (Å²) in [6.07, 6.45) is 11.3. The fourth-order valence-electron chi connectivity index (χ4n) is 7.90. The molecule has 0 aliphatic rings. The van der Waals surface area contributed by atoms with E-state index in [1.807, 2.05) is 49.3 Å². The molecule has 0 saturated carbocycles. The number of pyridine rings is 4. The second-order valence-electron chi connectivity index (χ2n) is 12.8. The number of rotatable bonds is 4. The highest BCUT2D eigenvalue weighted by Gasteiger charge is 2.18. The van der Waals surface area contributed by atoms with E-state index < -0.39 is 0 Å². The minimum absolute atomic E-state index is 0.976. The molecule has 0 bridgehead atoms. The zero-order chi connectivity index (χ0) is 33.5. The number of aromatic nitrogens is 7. The molecular formula is C44H27N7. The molecule has 0 fully saturated rings. The second kappa shape index (κ2) is 10.7. The van der Waals surface area contributed by atoms with Crippen LogP contribution in [-0.4, -0.2) is 33.6 Å². The van der Waals surface area contributed by atoms with Crippen molar-refractivity contribution in [1.82, 2.24) is 33.6 Å². The SMILES string of the molecule is c1ccc2c(c1)c1ncccc1n2-c1ccc2c(c1)c1ncccc1n2-c1ccc(-c2ccc(-n3c4ccncc4c4cnccc43)cc2)cc1. The first-order valence-corrected chi connectivity index (χ1v) is 16.9. The van der Waals surface area contributed by atoms with Crippen molar-refractivity contribution in [1.29, 1.82) is 0 Å². The Balaban J connectivity index is 0.995. The smallest absolute Gasteiger partial charge is 0.0964 e. The summed E-state index contributed by atoms with van der Waals surface area (Å²) in [4.78, 5) is 18.4. The maximum atomic E-state index is 4.88. The van der Waals surface area contributed by atoms with E-state index in [1.165, 1.54) is 0 Å². The lowest BCUT2D eigenvalue weighted by Crippen LogP contribution is -1.96. The van der Waals surface area contributed by atoms with Crippen LogP contribution in [0.5, 0.6) is 0 Å². The largest absolute Gasteiger partial charge is 0.309 e. The van der Waals surface area contributed by atoms with Crippen LogP contribution in [0.1, 0.15) is 0 Å². The highest BCUT2D eigenvalue weighted by atomic mass is 15.0. The molecule has 0 radical (unpaired) electrons. The Morgan fingerprint density at radius 2 is 0.804 bits per heavy atom. The zero-order valence-electron chi connectivity index (χ0n) is 27.2. The normalized spacial score (nSPS) is 11.9. The van der Waals surface area contributed by atoms with Crippen LogP contribution in [0.3, 0.4) is 0 Å². The van der Waals surface area contributed by atoms with Crippen LogP contribution in [0.2, 0.25) is 0 Å². The van der Waals surface area contributed by atoms with Gasteiger partial charge in [-0.05, 0) is 96.1 Å². The zero-order valence-corrected chi connectivity index (χ0v) is 27.2. The molecule has 7 aromatic heterocycles. The quantitative estimate of drug-likeness (QED) is 0.190. The molecule has 4 aromatic carbocycles. The lowest BCUT2D eigenvalue weighted by Gasteiger charge is -2.11. The van der Waals surface area contributed by atoms with Gasteiger partial charge < -0.3 is 13.7 Å². The third-order valence-corrected chi connectivity index (χ3v) is 10.1. The predicted molar refractivity (Wildman–Crippen MR) is 206 cm³/mol. The van der Waals surface area contributed by atoms with Gasteiger partial charge in [-0.1, -0.05) is 42.5 Å². The monoisotopic (exact) mass is 653 g/mol. The first kappa shape index (κ1) is 27.8. The summed E-state index contributed by atoms with van der Waals surface area (Å²) in [7, 11) is 0.